The fraction of sp³-hybridized carbons (Fsp3) is 0.286. The van der Waals surface area contributed by atoms with Crippen LogP contribution < -0.4 is 9.47 Å². The molecule has 2 aromatic rings. The molecule has 0 unspecified atom stereocenters. The smallest absolute Gasteiger partial charge is 0.303 e. The van der Waals surface area contributed by atoms with Crippen molar-refractivity contribution in [1.29, 1.82) is 0 Å². The van der Waals surface area contributed by atoms with Crippen molar-refractivity contribution in [3.05, 3.63) is 59.7 Å². The first-order valence-corrected chi connectivity index (χ1v) is 8.92. The van der Waals surface area contributed by atoms with E-state index in [2.05, 4.69) is 5.10 Å². The highest BCUT2D eigenvalue weighted by Crippen LogP contribution is 2.38. The van der Waals surface area contributed by atoms with Crippen molar-refractivity contribution in [2.24, 2.45) is 5.10 Å². The topological polar surface area (TPSA) is 88.4 Å². The van der Waals surface area contributed by atoms with Crippen molar-refractivity contribution in [1.82, 2.24) is 5.01 Å². The van der Waals surface area contributed by atoms with E-state index in [1.807, 2.05) is 42.5 Å². The Morgan fingerprint density at radius 3 is 2.46 bits per heavy atom. The fourth-order valence-electron chi connectivity index (χ4n) is 3.28. The van der Waals surface area contributed by atoms with Gasteiger partial charge in [0, 0.05) is 18.4 Å². The zero-order chi connectivity index (χ0) is 20.1. The zero-order valence-electron chi connectivity index (χ0n) is 15.8. The molecular weight excluding hydrogens is 360 g/mol. The molecule has 0 saturated carbocycles. The molecule has 0 spiro atoms. The van der Waals surface area contributed by atoms with Gasteiger partial charge < -0.3 is 14.6 Å². The third kappa shape index (κ3) is 3.98. The average Bonchev–Trinajstić information content (AvgIpc) is 3.17. The maximum absolute atomic E-state index is 12.7. The molecule has 0 bridgehead atoms. The Morgan fingerprint density at radius 2 is 1.82 bits per heavy atom. The van der Waals surface area contributed by atoms with Crippen molar-refractivity contribution >= 4 is 17.6 Å². The summed E-state index contributed by atoms with van der Waals surface area (Å²) < 4.78 is 10.9. The van der Waals surface area contributed by atoms with Crippen LogP contribution in [-0.4, -0.2) is 41.9 Å². The molecule has 1 amide bonds. The molecule has 3 rings (SSSR count). The summed E-state index contributed by atoms with van der Waals surface area (Å²) in [6, 6.07) is 14.8. The van der Waals surface area contributed by atoms with Gasteiger partial charge in [0.2, 0.25) is 5.91 Å². The molecule has 7 heteroatoms. The SMILES string of the molecule is COc1cccc(C2=NN(C(=O)CCC(=O)O)[C@@H](c3ccccc3)C2)c1OC. The summed E-state index contributed by atoms with van der Waals surface area (Å²) in [5.41, 5.74) is 2.37. The normalized spacial score (nSPS) is 15.9. The van der Waals surface area contributed by atoms with Crippen LogP contribution in [0.15, 0.2) is 53.6 Å². The lowest BCUT2D eigenvalue weighted by atomic mass is 9.97. The van der Waals surface area contributed by atoms with Crippen LogP contribution >= 0.6 is 0 Å². The maximum Gasteiger partial charge on any atom is 0.303 e. The molecule has 146 valence electrons. The fourth-order valence-corrected chi connectivity index (χ4v) is 3.28. The van der Waals surface area contributed by atoms with E-state index < -0.39 is 5.97 Å². The average molecular weight is 382 g/mol. The van der Waals surface area contributed by atoms with Crippen molar-refractivity contribution in [3.8, 4) is 11.5 Å². The summed E-state index contributed by atoms with van der Waals surface area (Å²) in [5.74, 6) is -0.208. The molecule has 7 nitrogen and oxygen atoms in total. The summed E-state index contributed by atoms with van der Waals surface area (Å²) in [6.45, 7) is 0. The van der Waals surface area contributed by atoms with Crippen LogP contribution in [0.1, 0.15) is 36.4 Å². The van der Waals surface area contributed by atoms with Gasteiger partial charge >= 0.3 is 5.97 Å². The molecule has 1 atom stereocenters. The van der Waals surface area contributed by atoms with E-state index in [-0.39, 0.29) is 24.8 Å². The molecule has 0 fully saturated rings. The minimum absolute atomic E-state index is 0.106. The van der Waals surface area contributed by atoms with E-state index in [9.17, 15) is 9.59 Å². The van der Waals surface area contributed by atoms with Crippen molar-refractivity contribution in [3.63, 3.8) is 0 Å². The van der Waals surface area contributed by atoms with Crippen molar-refractivity contribution in [2.75, 3.05) is 14.2 Å². The molecule has 0 saturated heterocycles. The number of nitrogens with zero attached hydrogens (tertiary/aromatic N) is 2. The number of carboxylic acid groups (broad SMARTS) is 1. The molecule has 1 heterocycles. The number of hydrazone groups is 1. The molecule has 0 aliphatic carbocycles. The Labute approximate surface area is 163 Å². The number of rotatable bonds is 7. The van der Waals surface area contributed by atoms with Gasteiger partial charge in [0.25, 0.3) is 0 Å². The standard InChI is InChI=1S/C21H22N2O5/c1-27-18-10-6-9-15(21(18)28-2)16-13-17(14-7-4-3-5-8-14)23(22-16)19(24)11-12-20(25)26/h3-10,17H,11-13H2,1-2H3,(H,25,26)/t17-/m1/s1. The number of hydrogen-bond acceptors (Lipinski definition) is 5. The number of methoxy groups -OCH3 is 2. The Morgan fingerprint density at radius 1 is 1.07 bits per heavy atom. The predicted octanol–water partition coefficient (Wildman–Crippen LogP) is 3.25. The lowest BCUT2D eigenvalue weighted by molar-refractivity contribution is -0.141. The summed E-state index contributed by atoms with van der Waals surface area (Å²) in [6.07, 6.45) is 0.154. The summed E-state index contributed by atoms with van der Waals surface area (Å²) in [5, 5.41) is 14.9. The minimum atomic E-state index is -1.01. The highest BCUT2D eigenvalue weighted by molar-refractivity contribution is 6.05. The number of hydrogen-bond donors (Lipinski definition) is 1. The van der Waals surface area contributed by atoms with Gasteiger partial charge in [-0.1, -0.05) is 36.4 Å². The number of benzene rings is 2. The lowest BCUT2D eigenvalue weighted by Gasteiger charge is -2.21. The minimum Gasteiger partial charge on any atom is -0.493 e. The lowest BCUT2D eigenvalue weighted by Crippen LogP contribution is -2.27. The second kappa shape index (κ2) is 8.56. The maximum atomic E-state index is 12.7. The second-order valence-corrected chi connectivity index (χ2v) is 6.35. The van der Waals surface area contributed by atoms with Crippen molar-refractivity contribution < 1.29 is 24.2 Å². The Kier molecular flexibility index (Phi) is 5.93. The summed E-state index contributed by atoms with van der Waals surface area (Å²) in [4.78, 5) is 23.6. The van der Waals surface area contributed by atoms with Crippen LogP contribution in [0.3, 0.4) is 0 Å². The molecular formula is C21H22N2O5. The van der Waals surface area contributed by atoms with Gasteiger partial charge in [0.05, 0.1) is 32.4 Å². The van der Waals surface area contributed by atoms with Crippen LogP contribution in [0, 0.1) is 0 Å². The number of carbonyl (C=O) groups excluding carboxylic acids is 1. The first kappa shape index (κ1) is 19.4. The van der Waals surface area contributed by atoms with Gasteiger partial charge in [0.1, 0.15) is 0 Å². The molecule has 1 N–H and O–H groups in total. The molecule has 28 heavy (non-hydrogen) atoms. The number of carboxylic acids is 1. The Balaban J connectivity index is 1.98. The zero-order valence-corrected chi connectivity index (χ0v) is 15.8. The van der Waals surface area contributed by atoms with E-state index in [0.717, 1.165) is 11.1 Å². The number of para-hydroxylation sites is 1. The highest BCUT2D eigenvalue weighted by Gasteiger charge is 2.34. The predicted molar refractivity (Wildman–Crippen MR) is 104 cm³/mol. The third-order valence-electron chi connectivity index (χ3n) is 4.62. The number of aliphatic carboxylic acids is 1. The molecule has 1 aliphatic rings. The van der Waals surface area contributed by atoms with Crippen molar-refractivity contribution in [2.45, 2.75) is 25.3 Å². The highest BCUT2D eigenvalue weighted by atomic mass is 16.5. The molecule has 2 aromatic carbocycles. The van der Waals surface area contributed by atoms with Crippen LogP contribution in [-0.2, 0) is 9.59 Å². The summed E-state index contributed by atoms with van der Waals surface area (Å²) in [7, 11) is 3.12. The monoisotopic (exact) mass is 382 g/mol. The third-order valence-corrected chi connectivity index (χ3v) is 4.62. The van der Waals surface area contributed by atoms with E-state index in [1.54, 1.807) is 20.3 Å². The van der Waals surface area contributed by atoms with Gasteiger partial charge in [-0.05, 0) is 17.7 Å². The number of amides is 1. The Bertz CT molecular complexity index is 895. The first-order valence-electron chi connectivity index (χ1n) is 8.92. The van der Waals surface area contributed by atoms with Crippen LogP contribution in [0.5, 0.6) is 11.5 Å². The van der Waals surface area contributed by atoms with E-state index in [0.29, 0.717) is 23.6 Å². The van der Waals surface area contributed by atoms with Crippen LogP contribution in [0.2, 0.25) is 0 Å². The van der Waals surface area contributed by atoms with E-state index in [1.165, 1.54) is 5.01 Å². The van der Waals surface area contributed by atoms with E-state index >= 15 is 0 Å². The Hall–Kier alpha value is -3.35. The first-order chi connectivity index (χ1) is 13.5. The summed E-state index contributed by atoms with van der Waals surface area (Å²) >= 11 is 0. The van der Waals surface area contributed by atoms with Gasteiger partial charge in [0.15, 0.2) is 11.5 Å². The molecule has 0 radical (unpaired) electrons. The number of ether oxygens (including phenoxy) is 2. The van der Waals surface area contributed by atoms with Gasteiger partial charge in [-0.2, -0.15) is 5.10 Å². The van der Waals surface area contributed by atoms with Crippen LogP contribution in [0.4, 0.5) is 0 Å². The van der Waals surface area contributed by atoms with Gasteiger partial charge in [-0.25, -0.2) is 5.01 Å². The van der Waals surface area contributed by atoms with Gasteiger partial charge in [-0.15, -0.1) is 0 Å². The quantitative estimate of drug-likeness (QED) is 0.794. The molecule has 1 aliphatic heterocycles. The molecule has 0 aromatic heterocycles. The van der Waals surface area contributed by atoms with E-state index in [4.69, 9.17) is 14.6 Å². The second-order valence-electron chi connectivity index (χ2n) is 6.35. The van der Waals surface area contributed by atoms with Crippen LogP contribution in [0.25, 0.3) is 0 Å². The largest absolute Gasteiger partial charge is 0.493 e. The van der Waals surface area contributed by atoms with Gasteiger partial charge in [-0.3, -0.25) is 9.59 Å². The number of carbonyl (C=O) groups is 2.